The number of aryl methyl sites for hydroxylation is 2. The lowest BCUT2D eigenvalue weighted by molar-refractivity contribution is -0.134. The van der Waals surface area contributed by atoms with Crippen LogP contribution in [0.4, 0.5) is 0 Å². The molecule has 0 radical (unpaired) electrons. The van der Waals surface area contributed by atoms with E-state index in [1.54, 1.807) is 6.08 Å². The van der Waals surface area contributed by atoms with E-state index in [4.69, 9.17) is 0 Å². The fourth-order valence-corrected chi connectivity index (χ4v) is 1.71. The summed E-state index contributed by atoms with van der Waals surface area (Å²) in [5, 5.41) is 0. The first kappa shape index (κ1) is 15.0. The number of benzene rings is 1. The molecule has 19 heavy (non-hydrogen) atoms. The van der Waals surface area contributed by atoms with Crippen LogP contribution in [0.1, 0.15) is 25.2 Å². The third-order valence-corrected chi connectivity index (χ3v) is 2.77. The van der Waals surface area contributed by atoms with Crippen LogP contribution in [-0.2, 0) is 16.6 Å². The van der Waals surface area contributed by atoms with E-state index in [0.717, 1.165) is 22.4 Å². The molecule has 0 atom stereocenters. The van der Waals surface area contributed by atoms with Crippen molar-refractivity contribution in [1.29, 1.82) is 0 Å². The van der Waals surface area contributed by atoms with Crippen molar-refractivity contribution < 1.29 is 9.53 Å². The zero-order chi connectivity index (χ0) is 14.4. The summed E-state index contributed by atoms with van der Waals surface area (Å²) in [6.07, 6.45) is 3.12. The second-order valence-electron chi connectivity index (χ2n) is 3.79. The molecule has 2 aromatic rings. The Balaban J connectivity index is 0.000000861. The number of nitrogens with zero attached hydrogens (tertiary/aromatic N) is 2. The molecule has 0 bridgehead atoms. The van der Waals surface area contributed by atoms with E-state index < -0.39 is 0 Å². The van der Waals surface area contributed by atoms with Crippen LogP contribution >= 0.6 is 0 Å². The highest BCUT2D eigenvalue weighted by atomic mass is 16.5. The number of methoxy groups -OCH3 is 1. The first-order valence-corrected chi connectivity index (χ1v) is 6.31. The van der Waals surface area contributed by atoms with Crippen LogP contribution in [0.15, 0.2) is 24.3 Å². The number of imidazole rings is 1. The van der Waals surface area contributed by atoms with E-state index in [-0.39, 0.29) is 5.97 Å². The number of hydrogen-bond donors (Lipinski definition) is 0. The Morgan fingerprint density at radius 1 is 1.37 bits per heavy atom. The molecule has 102 valence electrons. The minimum atomic E-state index is -0.366. The van der Waals surface area contributed by atoms with Crippen LogP contribution in [0.3, 0.4) is 0 Å². The largest absolute Gasteiger partial charge is 0.466 e. The first-order chi connectivity index (χ1) is 9.13. The second-order valence-corrected chi connectivity index (χ2v) is 3.79. The fraction of sp³-hybridized carbons (Fsp3) is 0.333. The summed E-state index contributed by atoms with van der Waals surface area (Å²) in [6.45, 7) is 5.95. The molecular formula is C15H20N2O2. The van der Waals surface area contributed by atoms with Gasteiger partial charge in [-0.3, -0.25) is 0 Å². The highest BCUT2D eigenvalue weighted by Crippen LogP contribution is 2.19. The lowest BCUT2D eigenvalue weighted by Crippen LogP contribution is -1.93. The minimum Gasteiger partial charge on any atom is -0.466 e. The van der Waals surface area contributed by atoms with Crippen molar-refractivity contribution in [3.8, 4) is 0 Å². The maximum Gasteiger partial charge on any atom is 0.330 e. The molecule has 0 fully saturated rings. The summed E-state index contributed by atoms with van der Waals surface area (Å²) in [4.78, 5) is 15.5. The molecule has 0 N–H and O–H groups in total. The van der Waals surface area contributed by atoms with E-state index in [1.807, 2.05) is 50.6 Å². The van der Waals surface area contributed by atoms with E-state index in [2.05, 4.69) is 9.72 Å². The molecule has 0 aliphatic heterocycles. The summed E-state index contributed by atoms with van der Waals surface area (Å²) in [5.41, 5.74) is 2.86. The molecule has 1 aromatic heterocycles. The normalized spacial score (nSPS) is 10.4. The van der Waals surface area contributed by atoms with Gasteiger partial charge in [0.05, 0.1) is 18.1 Å². The maximum absolute atomic E-state index is 11.1. The van der Waals surface area contributed by atoms with E-state index >= 15 is 0 Å². The zero-order valence-electron chi connectivity index (χ0n) is 12.1. The van der Waals surface area contributed by atoms with Crippen molar-refractivity contribution >= 4 is 23.1 Å². The maximum atomic E-state index is 11.1. The number of ether oxygens (including phenoxy) is 1. The van der Waals surface area contributed by atoms with Crippen molar-refractivity contribution in [2.24, 2.45) is 7.05 Å². The Bertz CT molecular complexity index is 597. The lowest BCUT2D eigenvalue weighted by atomic mass is 10.1. The quantitative estimate of drug-likeness (QED) is 0.615. The number of rotatable bonds is 2. The molecule has 0 aliphatic rings. The SMILES string of the molecule is CC.COC(=O)/C=C/c1cccc2c1nc(C)n2C. The third-order valence-electron chi connectivity index (χ3n) is 2.77. The van der Waals surface area contributed by atoms with E-state index in [1.165, 1.54) is 13.2 Å². The van der Waals surface area contributed by atoms with Crippen LogP contribution in [0.5, 0.6) is 0 Å². The van der Waals surface area contributed by atoms with Crippen molar-refractivity contribution in [2.75, 3.05) is 7.11 Å². The number of hydrogen-bond acceptors (Lipinski definition) is 3. The van der Waals surface area contributed by atoms with Crippen LogP contribution in [0.2, 0.25) is 0 Å². The van der Waals surface area contributed by atoms with Gasteiger partial charge in [0.15, 0.2) is 0 Å². The summed E-state index contributed by atoms with van der Waals surface area (Å²) in [6, 6.07) is 5.87. The van der Waals surface area contributed by atoms with Gasteiger partial charge in [0.2, 0.25) is 0 Å². The molecule has 4 nitrogen and oxygen atoms in total. The molecule has 0 amide bonds. The predicted octanol–water partition coefficient (Wildman–Crippen LogP) is 3.09. The number of esters is 1. The van der Waals surface area contributed by atoms with Gasteiger partial charge in [0, 0.05) is 18.7 Å². The first-order valence-electron chi connectivity index (χ1n) is 6.31. The second kappa shape index (κ2) is 6.73. The minimum absolute atomic E-state index is 0.366. The number of aromatic nitrogens is 2. The van der Waals surface area contributed by atoms with Crippen molar-refractivity contribution in [3.05, 3.63) is 35.7 Å². The Morgan fingerprint density at radius 3 is 2.68 bits per heavy atom. The zero-order valence-corrected chi connectivity index (χ0v) is 12.1. The van der Waals surface area contributed by atoms with Gasteiger partial charge in [-0.05, 0) is 19.1 Å². The average molecular weight is 260 g/mol. The molecule has 1 aromatic carbocycles. The summed E-state index contributed by atoms with van der Waals surface area (Å²) in [5.74, 6) is 0.577. The third kappa shape index (κ3) is 3.22. The Kier molecular flexibility index (Phi) is 5.30. The molecule has 0 spiro atoms. The molecule has 0 saturated heterocycles. The standard InChI is InChI=1S/C13H14N2O2.C2H6/c1-9-14-13-10(7-8-12(16)17-3)5-4-6-11(13)15(9)2;1-2/h4-8H,1-3H3;1-2H3/b8-7+;. The highest BCUT2D eigenvalue weighted by molar-refractivity contribution is 5.92. The summed E-state index contributed by atoms with van der Waals surface area (Å²) < 4.78 is 6.58. The van der Waals surface area contributed by atoms with E-state index in [9.17, 15) is 4.79 Å². The fourth-order valence-electron chi connectivity index (χ4n) is 1.71. The average Bonchev–Trinajstić information content (AvgIpc) is 2.74. The van der Waals surface area contributed by atoms with Gasteiger partial charge in [0.1, 0.15) is 5.82 Å². The Labute approximate surface area is 113 Å². The summed E-state index contributed by atoms with van der Waals surface area (Å²) in [7, 11) is 3.33. The number of fused-ring (bicyclic) bond motifs is 1. The summed E-state index contributed by atoms with van der Waals surface area (Å²) >= 11 is 0. The number of carbonyl (C=O) groups excluding carboxylic acids is 1. The van der Waals surface area contributed by atoms with Gasteiger partial charge in [-0.15, -0.1) is 0 Å². The van der Waals surface area contributed by atoms with Crippen LogP contribution in [0, 0.1) is 6.92 Å². The molecule has 4 heteroatoms. The van der Waals surface area contributed by atoms with Crippen LogP contribution < -0.4 is 0 Å². The highest BCUT2D eigenvalue weighted by Gasteiger charge is 2.06. The van der Waals surface area contributed by atoms with Gasteiger partial charge in [-0.1, -0.05) is 26.0 Å². The van der Waals surface area contributed by atoms with Crippen LogP contribution in [0.25, 0.3) is 17.1 Å². The van der Waals surface area contributed by atoms with Crippen molar-refractivity contribution in [3.63, 3.8) is 0 Å². The Morgan fingerprint density at radius 2 is 2.05 bits per heavy atom. The molecule has 0 saturated carbocycles. The van der Waals surface area contributed by atoms with Gasteiger partial charge < -0.3 is 9.30 Å². The Hall–Kier alpha value is -2.10. The lowest BCUT2D eigenvalue weighted by Gasteiger charge is -1.97. The van der Waals surface area contributed by atoms with Crippen LogP contribution in [-0.4, -0.2) is 22.6 Å². The molecule has 1 heterocycles. The number of carbonyl (C=O) groups is 1. The topological polar surface area (TPSA) is 44.1 Å². The molecular weight excluding hydrogens is 240 g/mol. The van der Waals surface area contributed by atoms with Crippen molar-refractivity contribution in [1.82, 2.24) is 9.55 Å². The smallest absolute Gasteiger partial charge is 0.330 e. The molecule has 0 unspecified atom stereocenters. The van der Waals surface area contributed by atoms with E-state index in [0.29, 0.717) is 0 Å². The van der Waals surface area contributed by atoms with Gasteiger partial charge in [-0.25, -0.2) is 9.78 Å². The van der Waals surface area contributed by atoms with Gasteiger partial charge in [-0.2, -0.15) is 0 Å². The molecule has 0 aliphatic carbocycles. The molecule has 2 rings (SSSR count). The predicted molar refractivity (Wildman–Crippen MR) is 77.8 cm³/mol. The van der Waals surface area contributed by atoms with Gasteiger partial charge >= 0.3 is 5.97 Å². The number of para-hydroxylation sites is 1. The van der Waals surface area contributed by atoms with Gasteiger partial charge in [0.25, 0.3) is 0 Å². The van der Waals surface area contributed by atoms with Crippen molar-refractivity contribution in [2.45, 2.75) is 20.8 Å². The monoisotopic (exact) mass is 260 g/mol.